The van der Waals surface area contributed by atoms with Crippen LogP contribution in [-0.4, -0.2) is 28.0 Å². The number of nitrogens with one attached hydrogen (secondary N) is 1. The highest BCUT2D eigenvalue weighted by Gasteiger charge is 2.37. The number of carbonyl (C=O) groups is 1. The second-order valence-corrected chi connectivity index (χ2v) is 10.7. The number of aryl methyl sites for hydroxylation is 2. The van der Waals surface area contributed by atoms with Gasteiger partial charge in [-0.2, -0.15) is 26.3 Å². The quantitative estimate of drug-likeness (QED) is 0.304. The van der Waals surface area contributed by atoms with Gasteiger partial charge in [-0.1, -0.05) is 23.7 Å². The molecule has 0 fully saturated rings. The maximum Gasteiger partial charge on any atom is 0.416 e. The number of ether oxygens (including phenoxy) is 1. The van der Waals surface area contributed by atoms with E-state index in [9.17, 15) is 39.6 Å². The number of amides is 1. The van der Waals surface area contributed by atoms with Crippen molar-refractivity contribution < 1.29 is 44.3 Å². The van der Waals surface area contributed by atoms with Crippen LogP contribution in [0, 0.1) is 13.8 Å². The number of alkyl halides is 6. The van der Waals surface area contributed by atoms with Gasteiger partial charge in [0.05, 0.1) is 23.9 Å². The molecule has 0 aliphatic heterocycles. The lowest BCUT2D eigenvalue weighted by molar-refractivity contribution is -0.143. The highest BCUT2D eigenvalue weighted by atomic mass is 35.5. The zero-order valence-corrected chi connectivity index (χ0v) is 22.1. The highest BCUT2D eigenvalue weighted by molar-refractivity contribution is 7.93. The molecule has 0 aromatic heterocycles. The van der Waals surface area contributed by atoms with Crippen molar-refractivity contribution in [3.8, 4) is 5.75 Å². The van der Waals surface area contributed by atoms with Crippen molar-refractivity contribution in [2.75, 3.05) is 23.3 Å². The molecule has 0 aliphatic carbocycles. The van der Waals surface area contributed by atoms with Crippen LogP contribution in [0.1, 0.15) is 22.3 Å². The Morgan fingerprint density at radius 2 is 1.51 bits per heavy atom. The lowest BCUT2D eigenvalue weighted by Crippen LogP contribution is -2.38. The molecule has 0 saturated heterocycles. The summed E-state index contributed by atoms with van der Waals surface area (Å²) in [6.07, 6.45) is -10.3. The Balaban J connectivity index is 2.08. The molecule has 210 valence electrons. The van der Waals surface area contributed by atoms with Crippen molar-refractivity contribution in [1.29, 1.82) is 0 Å². The molecule has 3 aromatic carbocycles. The van der Waals surface area contributed by atoms with Crippen molar-refractivity contribution in [1.82, 2.24) is 0 Å². The fraction of sp³-hybridized carbons (Fsp3) is 0.240. The van der Waals surface area contributed by atoms with Crippen LogP contribution in [0.15, 0.2) is 59.5 Å². The smallest absolute Gasteiger partial charge is 0.416 e. The fourth-order valence-corrected chi connectivity index (χ4v) is 5.35. The van der Waals surface area contributed by atoms with Gasteiger partial charge in [0.25, 0.3) is 10.0 Å². The summed E-state index contributed by atoms with van der Waals surface area (Å²) in [6, 6.07) is 8.90. The number of nitrogens with zero attached hydrogens (tertiary/aromatic N) is 1. The molecule has 39 heavy (non-hydrogen) atoms. The molecule has 14 heteroatoms. The van der Waals surface area contributed by atoms with Gasteiger partial charge in [0.2, 0.25) is 5.91 Å². The van der Waals surface area contributed by atoms with Gasteiger partial charge < -0.3 is 10.1 Å². The summed E-state index contributed by atoms with van der Waals surface area (Å²) in [5.74, 6) is -1.27. The van der Waals surface area contributed by atoms with Gasteiger partial charge in [-0.25, -0.2) is 8.42 Å². The molecule has 0 atom stereocenters. The Morgan fingerprint density at radius 1 is 0.923 bits per heavy atom. The van der Waals surface area contributed by atoms with Gasteiger partial charge in [0.15, 0.2) is 0 Å². The Labute approximate surface area is 225 Å². The van der Waals surface area contributed by atoms with E-state index in [1.165, 1.54) is 37.4 Å². The third kappa shape index (κ3) is 6.95. The first-order valence-electron chi connectivity index (χ1n) is 11.0. The van der Waals surface area contributed by atoms with Crippen LogP contribution in [0.4, 0.5) is 37.7 Å². The number of carbonyl (C=O) groups excluding carboxylic acids is 1. The van der Waals surface area contributed by atoms with Crippen molar-refractivity contribution >= 4 is 38.9 Å². The number of hydrogen-bond donors (Lipinski definition) is 1. The molecular weight excluding hydrogens is 574 g/mol. The van der Waals surface area contributed by atoms with Gasteiger partial charge >= 0.3 is 12.4 Å². The van der Waals surface area contributed by atoms with Gasteiger partial charge in [-0.15, -0.1) is 0 Å². The summed E-state index contributed by atoms with van der Waals surface area (Å²) in [6.45, 7) is 2.24. The standard InChI is InChI=1S/C25H21ClF6N2O4S/c1-14-4-7-21(38-3)22(8-14)39(36,37)34(19-6-5-15(2)20(26)12-19)13-23(35)33-18-10-16(24(27,28)29)9-17(11-18)25(30,31)32/h4-12H,13H2,1-3H3,(H,33,35). The fourth-order valence-electron chi connectivity index (χ4n) is 3.51. The zero-order chi connectivity index (χ0) is 29.3. The molecule has 0 heterocycles. The van der Waals surface area contributed by atoms with Crippen LogP contribution >= 0.6 is 11.6 Å². The van der Waals surface area contributed by atoms with Crippen LogP contribution < -0.4 is 14.4 Å². The number of methoxy groups -OCH3 is 1. The van der Waals surface area contributed by atoms with Crippen molar-refractivity contribution in [3.63, 3.8) is 0 Å². The second-order valence-electron chi connectivity index (χ2n) is 8.44. The van der Waals surface area contributed by atoms with E-state index < -0.39 is 51.6 Å². The van der Waals surface area contributed by atoms with E-state index in [0.717, 1.165) is 0 Å². The minimum Gasteiger partial charge on any atom is -0.495 e. The Hall–Kier alpha value is -3.45. The van der Waals surface area contributed by atoms with E-state index in [4.69, 9.17) is 16.3 Å². The van der Waals surface area contributed by atoms with E-state index in [2.05, 4.69) is 0 Å². The first-order chi connectivity index (χ1) is 17.9. The van der Waals surface area contributed by atoms with E-state index in [1.54, 1.807) is 19.9 Å². The van der Waals surface area contributed by atoms with Crippen LogP contribution in [0.2, 0.25) is 5.02 Å². The second kappa shape index (κ2) is 11.0. The molecule has 0 unspecified atom stereocenters. The Bertz CT molecular complexity index is 1480. The number of halogens is 7. The summed E-state index contributed by atoms with van der Waals surface area (Å²) in [7, 11) is -3.34. The minimum atomic E-state index is -5.14. The largest absolute Gasteiger partial charge is 0.495 e. The average molecular weight is 595 g/mol. The van der Waals surface area contributed by atoms with Crippen LogP contribution in [-0.2, 0) is 27.2 Å². The molecule has 0 spiro atoms. The highest BCUT2D eigenvalue weighted by Crippen LogP contribution is 2.38. The number of anilines is 2. The summed E-state index contributed by atoms with van der Waals surface area (Å²) >= 11 is 6.16. The molecule has 1 N–H and O–H groups in total. The monoisotopic (exact) mass is 594 g/mol. The predicted molar refractivity (Wildman–Crippen MR) is 134 cm³/mol. The first-order valence-corrected chi connectivity index (χ1v) is 12.8. The molecule has 0 aliphatic rings. The van der Waals surface area contributed by atoms with Crippen LogP contribution in [0.5, 0.6) is 5.75 Å². The summed E-state index contributed by atoms with van der Waals surface area (Å²) < 4.78 is 113. The van der Waals surface area contributed by atoms with Gasteiger partial charge in [-0.05, 0) is 67.4 Å². The van der Waals surface area contributed by atoms with Gasteiger partial charge in [0, 0.05) is 10.7 Å². The molecular formula is C25H21ClF6N2O4S. The van der Waals surface area contributed by atoms with Gasteiger partial charge in [-0.3, -0.25) is 9.10 Å². The molecule has 0 saturated carbocycles. The van der Waals surface area contributed by atoms with Crippen molar-refractivity contribution in [2.45, 2.75) is 31.1 Å². The number of hydrogen-bond acceptors (Lipinski definition) is 4. The first kappa shape index (κ1) is 30.1. The molecule has 0 radical (unpaired) electrons. The lowest BCUT2D eigenvalue weighted by Gasteiger charge is -2.25. The third-order valence-corrected chi connectivity index (χ3v) is 7.69. The Kier molecular flexibility index (Phi) is 8.46. The predicted octanol–water partition coefficient (Wildman–Crippen LogP) is 6.84. The van der Waals surface area contributed by atoms with Crippen LogP contribution in [0.3, 0.4) is 0 Å². The maximum absolute atomic E-state index is 13.7. The summed E-state index contributed by atoms with van der Waals surface area (Å²) in [5, 5.41) is 2.10. The third-order valence-electron chi connectivity index (χ3n) is 5.49. The summed E-state index contributed by atoms with van der Waals surface area (Å²) in [5.41, 5.74) is -3.08. The zero-order valence-electron chi connectivity index (χ0n) is 20.5. The Morgan fingerprint density at radius 3 is 2.03 bits per heavy atom. The average Bonchev–Trinajstić information content (AvgIpc) is 2.83. The molecule has 3 aromatic rings. The lowest BCUT2D eigenvalue weighted by atomic mass is 10.1. The minimum absolute atomic E-state index is 0.0584. The number of benzene rings is 3. The maximum atomic E-state index is 13.7. The molecule has 0 bridgehead atoms. The number of sulfonamides is 1. The SMILES string of the molecule is COc1ccc(C)cc1S(=O)(=O)N(CC(=O)Nc1cc(C(F)(F)F)cc(C(F)(F)F)c1)c1ccc(C)c(Cl)c1. The van der Waals surface area contributed by atoms with E-state index in [1.807, 2.05) is 5.32 Å². The van der Waals surface area contributed by atoms with Crippen molar-refractivity contribution in [3.05, 3.63) is 81.9 Å². The van der Waals surface area contributed by atoms with E-state index in [-0.39, 0.29) is 27.4 Å². The van der Waals surface area contributed by atoms with E-state index in [0.29, 0.717) is 27.6 Å². The molecule has 6 nitrogen and oxygen atoms in total. The van der Waals surface area contributed by atoms with Crippen LogP contribution in [0.25, 0.3) is 0 Å². The number of rotatable bonds is 7. The topological polar surface area (TPSA) is 75.7 Å². The summed E-state index contributed by atoms with van der Waals surface area (Å²) in [4.78, 5) is 12.6. The van der Waals surface area contributed by atoms with Gasteiger partial charge in [0.1, 0.15) is 17.2 Å². The van der Waals surface area contributed by atoms with Crippen molar-refractivity contribution in [2.24, 2.45) is 0 Å². The molecule has 1 amide bonds. The molecule has 3 rings (SSSR count). The normalized spacial score (nSPS) is 12.3. The van der Waals surface area contributed by atoms with E-state index >= 15 is 0 Å².